The van der Waals surface area contributed by atoms with Crippen LogP contribution in [0.2, 0.25) is 0 Å². The minimum atomic E-state index is -0.866. The monoisotopic (exact) mass is 348 g/mol. The average molecular weight is 348 g/mol. The van der Waals surface area contributed by atoms with Crippen LogP contribution in [0.4, 0.5) is 0 Å². The summed E-state index contributed by atoms with van der Waals surface area (Å²) in [4.78, 5) is 30.3. The summed E-state index contributed by atoms with van der Waals surface area (Å²) in [6.07, 6.45) is 2.85. The Kier molecular flexibility index (Phi) is 5.01. The fraction of sp³-hybridized carbons (Fsp3) is 0.412. The van der Waals surface area contributed by atoms with Gasteiger partial charge in [0.2, 0.25) is 0 Å². The van der Waals surface area contributed by atoms with E-state index in [1.54, 1.807) is 22.3 Å². The first-order chi connectivity index (χ1) is 11.5. The number of furan rings is 1. The van der Waals surface area contributed by atoms with Crippen molar-refractivity contribution < 1.29 is 19.1 Å². The van der Waals surface area contributed by atoms with Crippen molar-refractivity contribution in [1.82, 2.24) is 9.80 Å². The van der Waals surface area contributed by atoms with Crippen molar-refractivity contribution in [3.63, 3.8) is 0 Å². The molecule has 0 aromatic carbocycles. The van der Waals surface area contributed by atoms with Gasteiger partial charge in [-0.3, -0.25) is 14.5 Å². The molecule has 1 fully saturated rings. The van der Waals surface area contributed by atoms with Gasteiger partial charge in [-0.05, 0) is 25.1 Å². The van der Waals surface area contributed by atoms with E-state index in [1.807, 2.05) is 0 Å². The van der Waals surface area contributed by atoms with Crippen molar-refractivity contribution >= 4 is 23.2 Å². The van der Waals surface area contributed by atoms with Crippen molar-refractivity contribution in [3.05, 3.63) is 46.0 Å². The highest BCUT2D eigenvalue weighted by molar-refractivity contribution is 7.11. The van der Waals surface area contributed by atoms with E-state index in [4.69, 9.17) is 4.42 Å². The summed E-state index contributed by atoms with van der Waals surface area (Å²) in [5, 5.41) is 9.50. The lowest BCUT2D eigenvalue weighted by molar-refractivity contribution is -0.142. The van der Waals surface area contributed by atoms with Crippen LogP contribution in [0.5, 0.6) is 0 Å². The molecular formula is C17H20N2O4S. The van der Waals surface area contributed by atoms with E-state index in [1.165, 1.54) is 22.3 Å². The molecule has 1 amide bonds. The van der Waals surface area contributed by atoms with Crippen LogP contribution in [0.3, 0.4) is 0 Å². The maximum absolute atomic E-state index is 12.5. The Balaban J connectivity index is 1.72. The lowest BCUT2D eigenvalue weighted by Gasteiger charge is -2.21. The molecule has 0 spiro atoms. The number of rotatable bonds is 4. The summed E-state index contributed by atoms with van der Waals surface area (Å²) < 4.78 is 4.96. The van der Waals surface area contributed by atoms with E-state index < -0.39 is 11.9 Å². The topological polar surface area (TPSA) is 74.0 Å². The number of carbonyl (C=O) groups is 2. The first kappa shape index (κ1) is 16.7. The van der Waals surface area contributed by atoms with Gasteiger partial charge < -0.3 is 14.4 Å². The molecule has 1 atom stereocenters. The first-order valence-electron chi connectivity index (χ1n) is 7.85. The second kappa shape index (κ2) is 7.19. The van der Waals surface area contributed by atoms with Gasteiger partial charge in [-0.2, -0.15) is 0 Å². The highest BCUT2D eigenvalue weighted by Crippen LogP contribution is 2.20. The van der Waals surface area contributed by atoms with E-state index >= 15 is 0 Å². The summed E-state index contributed by atoms with van der Waals surface area (Å²) in [5.74, 6) is -1.64. The highest BCUT2D eigenvalue weighted by atomic mass is 32.1. The second-order valence-electron chi connectivity index (χ2n) is 6.05. The normalized spacial score (nSPS) is 19.2. The number of thiophene rings is 1. The number of hydrogen-bond acceptors (Lipinski definition) is 5. The Morgan fingerprint density at radius 2 is 2.12 bits per heavy atom. The van der Waals surface area contributed by atoms with Gasteiger partial charge in [-0.15, -0.1) is 11.3 Å². The van der Waals surface area contributed by atoms with Crippen LogP contribution < -0.4 is 0 Å². The van der Waals surface area contributed by atoms with Crippen LogP contribution >= 0.6 is 11.3 Å². The van der Waals surface area contributed by atoms with Crippen molar-refractivity contribution in [2.75, 3.05) is 26.2 Å². The molecule has 128 valence electrons. The fourth-order valence-corrected chi connectivity index (χ4v) is 3.86. The maximum Gasteiger partial charge on any atom is 0.309 e. The number of nitrogens with zero attached hydrogens (tertiary/aromatic N) is 2. The molecule has 3 heterocycles. The number of carbonyl (C=O) groups excluding carboxylic acids is 1. The molecular weight excluding hydrogens is 328 g/mol. The molecule has 0 unspecified atom stereocenters. The van der Waals surface area contributed by atoms with Crippen LogP contribution in [0.15, 0.2) is 35.1 Å². The van der Waals surface area contributed by atoms with E-state index in [9.17, 15) is 14.7 Å². The summed E-state index contributed by atoms with van der Waals surface area (Å²) >= 11 is 1.72. The predicted molar refractivity (Wildman–Crippen MR) is 90.1 cm³/mol. The molecule has 0 radical (unpaired) electrons. The minimum absolute atomic E-state index is 0.177. The third-order valence-electron chi connectivity index (χ3n) is 4.19. The zero-order valence-corrected chi connectivity index (χ0v) is 14.3. The second-order valence-corrected chi connectivity index (χ2v) is 7.42. The number of aryl methyl sites for hydroxylation is 1. The molecule has 0 saturated carbocycles. The van der Waals surface area contributed by atoms with Gasteiger partial charge in [-0.25, -0.2) is 0 Å². The largest absolute Gasteiger partial charge is 0.481 e. The Labute approximate surface area is 144 Å². The zero-order chi connectivity index (χ0) is 17.1. The van der Waals surface area contributed by atoms with Crippen LogP contribution in [0.1, 0.15) is 20.1 Å². The molecule has 1 aliphatic heterocycles. The lowest BCUT2D eigenvalue weighted by atomic mass is 10.1. The quantitative estimate of drug-likeness (QED) is 0.918. The molecule has 2 aromatic rings. The lowest BCUT2D eigenvalue weighted by Crippen LogP contribution is -2.37. The summed E-state index contributed by atoms with van der Waals surface area (Å²) in [7, 11) is 0. The van der Waals surface area contributed by atoms with Gasteiger partial charge in [-0.1, -0.05) is 0 Å². The van der Waals surface area contributed by atoms with Crippen LogP contribution in [0.25, 0.3) is 0 Å². The number of amides is 1. The highest BCUT2D eigenvalue weighted by Gasteiger charge is 2.30. The van der Waals surface area contributed by atoms with Crippen LogP contribution in [-0.4, -0.2) is 53.0 Å². The smallest absolute Gasteiger partial charge is 0.309 e. The standard InChI is InChI=1S/C17H20N2O4S/c1-12-2-3-15(24-12)10-18-5-6-19(9-14(8-18)17(21)22)16(20)13-4-7-23-11-13/h2-4,7,11,14H,5-6,8-10H2,1H3,(H,21,22)/t14-/m1/s1. The molecule has 24 heavy (non-hydrogen) atoms. The predicted octanol–water partition coefficient (Wildman–Crippen LogP) is 2.31. The molecule has 6 nitrogen and oxygen atoms in total. The number of carboxylic acid groups (broad SMARTS) is 1. The van der Waals surface area contributed by atoms with Crippen LogP contribution in [0, 0.1) is 12.8 Å². The van der Waals surface area contributed by atoms with E-state index in [0.29, 0.717) is 25.2 Å². The molecule has 0 aliphatic carbocycles. The summed E-state index contributed by atoms with van der Waals surface area (Å²) in [6.45, 7) is 4.61. The Hall–Kier alpha value is -2.12. The van der Waals surface area contributed by atoms with E-state index in [-0.39, 0.29) is 12.5 Å². The fourth-order valence-electron chi connectivity index (χ4n) is 2.92. The van der Waals surface area contributed by atoms with E-state index in [2.05, 4.69) is 24.0 Å². The number of hydrogen-bond donors (Lipinski definition) is 1. The average Bonchev–Trinajstić information content (AvgIpc) is 3.16. The molecule has 1 aliphatic rings. The molecule has 7 heteroatoms. The van der Waals surface area contributed by atoms with Crippen LogP contribution in [-0.2, 0) is 11.3 Å². The van der Waals surface area contributed by atoms with Gasteiger partial charge in [0, 0.05) is 42.5 Å². The number of aliphatic carboxylic acids is 1. The van der Waals surface area contributed by atoms with Crippen molar-refractivity contribution in [2.45, 2.75) is 13.5 Å². The molecule has 3 rings (SSSR count). The third-order valence-corrected chi connectivity index (χ3v) is 5.17. The number of carboxylic acids is 1. The van der Waals surface area contributed by atoms with Gasteiger partial charge in [0.15, 0.2) is 0 Å². The first-order valence-corrected chi connectivity index (χ1v) is 8.66. The van der Waals surface area contributed by atoms with Crippen molar-refractivity contribution in [3.8, 4) is 0 Å². The van der Waals surface area contributed by atoms with Gasteiger partial charge in [0.05, 0.1) is 17.7 Å². The summed E-state index contributed by atoms with van der Waals surface area (Å²) in [5.41, 5.74) is 0.460. The van der Waals surface area contributed by atoms with Gasteiger partial charge in [0.1, 0.15) is 6.26 Å². The van der Waals surface area contributed by atoms with E-state index in [0.717, 1.165) is 6.54 Å². The Morgan fingerprint density at radius 1 is 1.29 bits per heavy atom. The Morgan fingerprint density at radius 3 is 2.75 bits per heavy atom. The third kappa shape index (κ3) is 3.85. The minimum Gasteiger partial charge on any atom is -0.481 e. The van der Waals surface area contributed by atoms with Crippen molar-refractivity contribution in [1.29, 1.82) is 0 Å². The summed E-state index contributed by atoms with van der Waals surface area (Å²) in [6, 6.07) is 5.76. The SMILES string of the molecule is Cc1ccc(CN2CCN(C(=O)c3ccoc3)C[C@H](C(=O)O)C2)s1. The zero-order valence-electron chi connectivity index (χ0n) is 13.5. The molecule has 1 N–H and O–H groups in total. The van der Waals surface area contributed by atoms with Gasteiger partial charge >= 0.3 is 5.97 Å². The van der Waals surface area contributed by atoms with Crippen molar-refractivity contribution in [2.24, 2.45) is 5.92 Å². The molecule has 2 aromatic heterocycles. The maximum atomic E-state index is 12.5. The Bertz CT molecular complexity index is 710. The molecule has 1 saturated heterocycles. The van der Waals surface area contributed by atoms with Gasteiger partial charge in [0.25, 0.3) is 5.91 Å². The molecule has 0 bridgehead atoms.